The van der Waals surface area contributed by atoms with Crippen molar-refractivity contribution < 1.29 is 22.7 Å². The molecule has 0 fully saturated rings. The maximum absolute atomic E-state index is 12.8. The number of amides is 1. The van der Waals surface area contributed by atoms with Gasteiger partial charge < -0.3 is 15.0 Å². The molecular formula is C20H21F3N2O2. The van der Waals surface area contributed by atoms with E-state index in [0.29, 0.717) is 5.69 Å². The molecule has 0 aliphatic carbocycles. The SMILES string of the molecule is C[C@@H](Oc1cccc(C(F)(F)F)c1)C(=O)Nc1ccc2c(c1)N(C)CCC2. The molecule has 0 radical (unpaired) electrons. The molecule has 0 bridgehead atoms. The number of carbonyl (C=O) groups excluding carboxylic acids is 1. The van der Waals surface area contributed by atoms with Gasteiger partial charge in [0.2, 0.25) is 0 Å². The lowest BCUT2D eigenvalue weighted by molar-refractivity contribution is -0.137. The zero-order valence-corrected chi connectivity index (χ0v) is 15.1. The summed E-state index contributed by atoms with van der Waals surface area (Å²) in [4.78, 5) is 14.5. The maximum Gasteiger partial charge on any atom is 0.416 e. The number of nitrogens with one attached hydrogen (secondary N) is 1. The van der Waals surface area contributed by atoms with Crippen LogP contribution in [0.1, 0.15) is 24.5 Å². The Kier molecular flexibility index (Phi) is 5.30. The number of hydrogen-bond acceptors (Lipinski definition) is 3. The number of halogens is 3. The van der Waals surface area contributed by atoms with Gasteiger partial charge in [-0.25, -0.2) is 0 Å². The van der Waals surface area contributed by atoms with Crippen LogP contribution in [0.15, 0.2) is 42.5 Å². The number of rotatable bonds is 4. The number of anilines is 2. The van der Waals surface area contributed by atoms with Gasteiger partial charge in [0.1, 0.15) is 5.75 Å². The van der Waals surface area contributed by atoms with Gasteiger partial charge in [0.15, 0.2) is 6.10 Å². The van der Waals surface area contributed by atoms with Gasteiger partial charge >= 0.3 is 6.18 Å². The summed E-state index contributed by atoms with van der Waals surface area (Å²) < 4.78 is 43.7. The third kappa shape index (κ3) is 4.53. The summed E-state index contributed by atoms with van der Waals surface area (Å²) in [5, 5.41) is 2.76. The minimum absolute atomic E-state index is 0.00218. The number of carbonyl (C=O) groups is 1. The molecule has 1 amide bonds. The molecule has 1 N–H and O–H groups in total. The van der Waals surface area contributed by atoms with Crippen molar-refractivity contribution in [3.05, 3.63) is 53.6 Å². The van der Waals surface area contributed by atoms with Gasteiger partial charge in [-0.1, -0.05) is 12.1 Å². The molecule has 0 unspecified atom stereocenters. The van der Waals surface area contributed by atoms with Crippen molar-refractivity contribution in [1.29, 1.82) is 0 Å². The Morgan fingerprint density at radius 1 is 1.22 bits per heavy atom. The van der Waals surface area contributed by atoms with Crippen LogP contribution in [0, 0.1) is 0 Å². The molecule has 2 aromatic rings. The first-order valence-corrected chi connectivity index (χ1v) is 8.73. The second-order valence-corrected chi connectivity index (χ2v) is 6.64. The van der Waals surface area contributed by atoms with Gasteiger partial charge in [-0.2, -0.15) is 13.2 Å². The Morgan fingerprint density at radius 2 is 2.00 bits per heavy atom. The molecule has 144 valence electrons. The summed E-state index contributed by atoms with van der Waals surface area (Å²) in [5.41, 5.74) is 2.12. The monoisotopic (exact) mass is 378 g/mol. The molecule has 4 nitrogen and oxygen atoms in total. The van der Waals surface area contributed by atoms with Crippen LogP contribution in [0.25, 0.3) is 0 Å². The van der Waals surface area contributed by atoms with Gasteiger partial charge in [-0.15, -0.1) is 0 Å². The average Bonchev–Trinajstić information content (AvgIpc) is 2.62. The van der Waals surface area contributed by atoms with Crippen molar-refractivity contribution in [3.8, 4) is 5.75 Å². The lowest BCUT2D eigenvalue weighted by Crippen LogP contribution is -2.30. The van der Waals surface area contributed by atoms with Crippen LogP contribution in [0.4, 0.5) is 24.5 Å². The molecular weight excluding hydrogens is 357 g/mol. The van der Waals surface area contributed by atoms with E-state index in [0.717, 1.165) is 37.2 Å². The van der Waals surface area contributed by atoms with Crippen molar-refractivity contribution in [3.63, 3.8) is 0 Å². The third-order valence-corrected chi connectivity index (χ3v) is 4.55. The lowest BCUT2D eigenvalue weighted by Gasteiger charge is -2.28. The molecule has 1 heterocycles. The Balaban J connectivity index is 1.67. The summed E-state index contributed by atoms with van der Waals surface area (Å²) in [6, 6.07) is 10.2. The van der Waals surface area contributed by atoms with E-state index in [-0.39, 0.29) is 5.75 Å². The topological polar surface area (TPSA) is 41.6 Å². The highest BCUT2D eigenvalue weighted by atomic mass is 19.4. The van der Waals surface area contributed by atoms with Gasteiger partial charge in [0.25, 0.3) is 5.91 Å². The van der Waals surface area contributed by atoms with Crippen LogP contribution in [0.5, 0.6) is 5.75 Å². The van der Waals surface area contributed by atoms with Gasteiger partial charge in [0, 0.05) is 25.0 Å². The molecule has 0 saturated heterocycles. The minimum Gasteiger partial charge on any atom is -0.481 e. The van der Waals surface area contributed by atoms with Crippen molar-refractivity contribution in [1.82, 2.24) is 0 Å². The van der Waals surface area contributed by atoms with Gasteiger partial charge in [-0.05, 0) is 55.7 Å². The molecule has 7 heteroatoms. The number of benzene rings is 2. The van der Waals surface area contributed by atoms with Crippen LogP contribution in [-0.2, 0) is 17.4 Å². The van der Waals surface area contributed by atoms with E-state index in [2.05, 4.69) is 10.2 Å². The standard InChI is InChI=1S/C20H21F3N2O2/c1-13(27-17-7-3-6-15(11-17)20(21,22)23)19(26)24-16-9-8-14-5-4-10-25(2)18(14)12-16/h3,6-9,11-13H,4-5,10H2,1-2H3,(H,24,26)/t13-/m1/s1. The number of aryl methyl sites for hydroxylation is 1. The molecule has 2 aromatic carbocycles. The number of ether oxygens (including phenoxy) is 1. The summed E-state index contributed by atoms with van der Waals surface area (Å²) in [5.74, 6) is -0.427. The predicted octanol–water partition coefficient (Wildman–Crippen LogP) is 4.49. The maximum atomic E-state index is 12.8. The zero-order valence-electron chi connectivity index (χ0n) is 15.1. The van der Waals surface area contributed by atoms with Crippen molar-refractivity contribution in [2.24, 2.45) is 0 Å². The summed E-state index contributed by atoms with van der Waals surface area (Å²) in [6.45, 7) is 2.46. The Labute approximate surface area is 155 Å². The van der Waals surface area contributed by atoms with Crippen LogP contribution in [0.2, 0.25) is 0 Å². The first-order valence-electron chi connectivity index (χ1n) is 8.73. The highest BCUT2D eigenvalue weighted by Gasteiger charge is 2.31. The average molecular weight is 378 g/mol. The molecule has 3 rings (SSSR count). The van der Waals surface area contributed by atoms with Crippen molar-refractivity contribution in [2.75, 3.05) is 23.8 Å². The lowest BCUT2D eigenvalue weighted by atomic mass is 10.0. The van der Waals surface area contributed by atoms with Crippen molar-refractivity contribution in [2.45, 2.75) is 32.0 Å². The molecule has 0 saturated carbocycles. The number of hydrogen-bond donors (Lipinski definition) is 1. The van der Waals surface area contributed by atoms with Crippen LogP contribution in [-0.4, -0.2) is 25.6 Å². The van der Waals surface area contributed by atoms with Crippen LogP contribution >= 0.6 is 0 Å². The van der Waals surface area contributed by atoms with Crippen LogP contribution < -0.4 is 15.0 Å². The summed E-state index contributed by atoms with van der Waals surface area (Å²) in [7, 11) is 2.00. The summed E-state index contributed by atoms with van der Waals surface area (Å²) >= 11 is 0. The smallest absolute Gasteiger partial charge is 0.416 e. The first kappa shape index (κ1) is 19.1. The molecule has 1 aliphatic rings. The highest BCUT2D eigenvalue weighted by molar-refractivity contribution is 5.94. The van der Waals surface area contributed by atoms with Crippen molar-refractivity contribution >= 4 is 17.3 Å². The second kappa shape index (κ2) is 7.50. The molecule has 1 atom stereocenters. The highest BCUT2D eigenvalue weighted by Crippen LogP contribution is 2.32. The normalized spacial score (nSPS) is 15.1. The summed E-state index contributed by atoms with van der Waals surface area (Å²) in [6.07, 6.45) is -3.30. The first-order chi connectivity index (χ1) is 12.7. The fourth-order valence-corrected chi connectivity index (χ4v) is 3.08. The Bertz CT molecular complexity index is 836. The van der Waals surface area contributed by atoms with E-state index in [4.69, 9.17) is 4.74 Å². The second-order valence-electron chi connectivity index (χ2n) is 6.64. The fourth-order valence-electron chi connectivity index (χ4n) is 3.08. The molecule has 0 aromatic heterocycles. The van der Waals surface area contributed by atoms with E-state index in [1.165, 1.54) is 24.6 Å². The predicted molar refractivity (Wildman–Crippen MR) is 98.2 cm³/mol. The Morgan fingerprint density at radius 3 is 2.74 bits per heavy atom. The van der Waals surface area contributed by atoms with E-state index in [9.17, 15) is 18.0 Å². The Hall–Kier alpha value is -2.70. The molecule has 27 heavy (non-hydrogen) atoms. The van der Waals surface area contributed by atoms with Gasteiger partial charge in [-0.3, -0.25) is 4.79 Å². The van der Waals surface area contributed by atoms with E-state index < -0.39 is 23.8 Å². The number of alkyl halides is 3. The molecule has 0 spiro atoms. The third-order valence-electron chi connectivity index (χ3n) is 4.55. The quantitative estimate of drug-likeness (QED) is 0.852. The van der Waals surface area contributed by atoms with Gasteiger partial charge in [0.05, 0.1) is 5.56 Å². The number of nitrogens with zero attached hydrogens (tertiary/aromatic N) is 1. The van der Waals surface area contributed by atoms with Crippen LogP contribution in [0.3, 0.4) is 0 Å². The largest absolute Gasteiger partial charge is 0.481 e. The van der Waals surface area contributed by atoms with E-state index in [1.54, 1.807) is 0 Å². The van der Waals surface area contributed by atoms with E-state index >= 15 is 0 Å². The zero-order chi connectivity index (χ0) is 19.6. The number of fused-ring (bicyclic) bond motifs is 1. The van der Waals surface area contributed by atoms with E-state index in [1.807, 2.05) is 25.2 Å². The minimum atomic E-state index is -4.46. The fraction of sp³-hybridized carbons (Fsp3) is 0.350. The molecule has 1 aliphatic heterocycles.